The van der Waals surface area contributed by atoms with Crippen LogP contribution in [0.4, 0.5) is 18.9 Å². The van der Waals surface area contributed by atoms with E-state index in [-0.39, 0.29) is 5.75 Å². The number of carbonyl (C=O) groups excluding carboxylic acids is 1. The van der Waals surface area contributed by atoms with Crippen LogP contribution in [0.3, 0.4) is 0 Å². The summed E-state index contributed by atoms with van der Waals surface area (Å²) in [5, 5.41) is 2.58. The lowest BCUT2D eigenvalue weighted by Gasteiger charge is -2.17. The summed E-state index contributed by atoms with van der Waals surface area (Å²) >= 11 is 0. The summed E-state index contributed by atoms with van der Waals surface area (Å²) in [4.78, 5) is 12.2. The normalized spacial score (nSPS) is 12.4. The molecule has 0 spiro atoms. The van der Waals surface area contributed by atoms with E-state index in [4.69, 9.17) is 4.74 Å². The second-order valence-corrected chi connectivity index (χ2v) is 5.59. The van der Waals surface area contributed by atoms with Crippen molar-refractivity contribution in [3.05, 3.63) is 53.6 Å². The number of aryl methyl sites for hydroxylation is 2. The largest absolute Gasteiger partial charge is 0.573 e. The SMILES string of the molecule is Cc1ccc(OC(C)C(=O)Nc2ccc(OC(F)(F)F)cc2)c(C)c1. The van der Waals surface area contributed by atoms with Crippen molar-refractivity contribution in [2.75, 3.05) is 5.32 Å². The van der Waals surface area contributed by atoms with Gasteiger partial charge in [0.1, 0.15) is 11.5 Å². The Bertz CT molecular complexity index is 742. The van der Waals surface area contributed by atoms with E-state index in [1.807, 2.05) is 26.0 Å². The number of hydrogen-bond acceptors (Lipinski definition) is 3. The van der Waals surface area contributed by atoms with E-state index in [1.165, 1.54) is 12.1 Å². The highest BCUT2D eigenvalue weighted by Gasteiger charge is 2.31. The third-order valence-corrected chi connectivity index (χ3v) is 3.36. The lowest BCUT2D eigenvalue weighted by molar-refractivity contribution is -0.274. The van der Waals surface area contributed by atoms with Gasteiger partial charge in [0.05, 0.1) is 0 Å². The minimum Gasteiger partial charge on any atom is -0.481 e. The fraction of sp³-hybridized carbons (Fsp3) is 0.278. The predicted molar refractivity (Wildman–Crippen MR) is 87.8 cm³/mol. The first-order valence-corrected chi connectivity index (χ1v) is 7.54. The van der Waals surface area contributed by atoms with Gasteiger partial charge < -0.3 is 14.8 Å². The first-order chi connectivity index (χ1) is 11.6. The molecule has 0 radical (unpaired) electrons. The van der Waals surface area contributed by atoms with Crippen LogP contribution in [0.15, 0.2) is 42.5 Å². The Hall–Kier alpha value is -2.70. The zero-order valence-corrected chi connectivity index (χ0v) is 14.0. The maximum atomic E-state index is 12.2. The molecule has 134 valence electrons. The number of anilines is 1. The molecule has 2 aromatic carbocycles. The fourth-order valence-corrected chi connectivity index (χ4v) is 2.16. The molecule has 0 aliphatic rings. The van der Waals surface area contributed by atoms with Gasteiger partial charge in [0.2, 0.25) is 0 Å². The Morgan fingerprint density at radius 1 is 1.08 bits per heavy atom. The Morgan fingerprint density at radius 2 is 1.72 bits per heavy atom. The number of ether oxygens (including phenoxy) is 2. The molecule has 25 heavy (non-hydrogen) atoms. The van der Waals surface area contributed by atoms with Gasteiger partial charge in [-0.15, -0.1) is 13.2 Å². The second kappa shape index (κ2) is 7.46. The van der Waals surface area contributed by atoms with E-state index in [1.54, 1.807) is 13.0 Å². The van der Waals surface area contributed by atoms with Gasteiger partial charge in [-0.25, -0.2) is 0 Å². The van der Waals surface area contributed by atoms with Gasteiger partial charge >= 0.3 is 6.36 Å². The van der Waals surface area contributed by atoms with Crippen molar-refractivity contribution in [3.63, 3.8) is 0 Å². The molecule has 0 saturated heterocycles. The lowest BCUT2D eigenvalue weighted by Crippen LogP contribution is -2.30. The average molecular weight is 353 g/mol. The maximum Gasteiger partial charge on any atom is 0.573 e. The highest BCUT2D eigenvalue weighted by molar-refractivity contribution is 5.94. The Balaban J connectivity index is 1.96. The summed E-state index contributed by atoms with van der Waals surface area (Å²) in [6.45, 7) is 5.43. The monoisotopic (exact) mass is 353 g/mol. The van der Waals surface area contributed by atoms with Crippen LogP contribution in [0.5, 0.6) is 11.5 Å². The Morgan fingerprint density at radius 3 is 2.28 bits per heavy atom. The number of carbonyl (C=O) groups is 1. The van der Waals surface area contributed by atoms with Crippen molar-refractivity contribution in [3.8, 4) is 11.5 Å². The minimum atomic E-state index is -4.75. The van der Waals surface area contributed by atoms with Crippen molar-refractivity contribution in [1.29, 1.82) is 0 Å². The van der Waals surface area contributed by atoms with E-state index >= 15 is 0 Å². The summed E-state index contributed by atoms with van der Waals surface area (Å²) in [7, 11) is 0. The molecule has 0 aliphatic carbocycles. The molecule has 1 unspecified atom stereocenters. The smallest absolute Gasteiger partial charge is 0.481 e. The summed E-state index contributed by atoms with van der Waals surface area (Å²) in [6.07, 6.45) is -5.52. The van der Waals surface area contributed by atoms with Gasteiger partial charge in [0.25, 0.3) is 5.91 Å². The lowest BCUT2D eigenvalue weighted by atomic mass is 10.1. The zero-order valence-electron chi connectivity index (χ0n) is 14.0. The predicted octanol–water partition coefficient (Wildman–Crippen LogP) is 4.61. The van der Waals surface area contributed by atoms with Crippen LogP contribution >= 0.6 is 0 Å². The van der Waals surface area contributed by atoms with Gasteiger partial charge in [-0.2, -0.15) is 0 Å². The van der Waals surface area contributed by atoms with Crippen LogP contribution in [0, 0.1) is 13.8 Å². The standard InChI is InChI=1S/C18H18F3NO3/c1-11-4-9-16(12(2)10-11)24-13(3)17(23)22-14-5-7-15(8-6-14)25-18(19,20)21/h4-10,13H,1-3H3,(H,22,23). The molecule has 0 bridgehead atoms. The summed E-state index contributed by atoms with van der Waals surface area (Å²) in [5.74, 6) is -0.170. The zero-order chi connectivity index (χ0) is 18.6. The van der Waals surface area contributed by atoms with Crippen molar-refractivity contribution in [2.45, 2.75) is 33.2 Å². The third kappa shape index (κ3) is 5.70. The van der Waals surface area contributed by atoms with Crippen LogP contribution in [0.2, 0.25) is 0 Å². The van der Waals surface area contributed by atoms with Crippen LogP contribution in [-0.2, 0) is 4.79 Å². The first kappa shape index (κ1) is 18.6. The number of rotatable bonds is 5. The summed E-state index contributed by atoms with van der Waals surface area (Å²) in [5.41, 5.74) is 2.34. The van der Waals surface area contributed by atoms with E-state index in [9.17, 15) is 18.0 Å². The van der Waals surface area contributed by atoms with Gasteiger partial charge in [-0.3, -0.25) is 4.79 Å². The summed E-state index contributed by atoms with van der Waals surface area (Å²) in [6, 6.07) is 10.5. The number of nitrogens with one attached hydrogen (secondary N) is 1. The minimum absolute atomic E-state index is 0.343. The van der Waals surface area contributed by atoms with Gasteiger partial charge in [-0.05, 0) is 56.7 Å². The highest BCUT2D eigenvalue weighted by atomic mass is 19.4. The molecule has 1 amide bonds. The molecule has 0 fully saturated rings. The molecular formula is C18H18F3NO3. The third-order valence-electron chi connectivity index (χ3n) is 3.36. The molecular weight excluding hydrogens is 335 g/mol. The molecule has 4 nitrogen and oxygen atoms in total. The number of benzene rings is 2. The molecule has 7 heteroatoms. The van der Waals surface area contributed by atoms with E-state index < -0.39 is 18.4 Å². The average Bonchev–Trinajstić information content (AvgIpc) is 2.50. The Kier molecular flexibility index (Phi) is 5.56. The van der Waals surface area contributed by atoms with Crippen LogP contribution in [0.1, 0.15) is 18.1 Å². The first-order valence-electron chi connectivity index (χ1n) is 7.54. The topological polar surface area (TPSA) is 47.6 Å². The molecule has 0 saturated carbocycles. The maximum absolute atomic E-state index is 12.2. The molecule has 1 atom stereocenters. The highest BCUT2D eigenvalue weighted by Crippen LogP contribution is 2.24. The summed E-state index contributed by atoms with van der Waals surface area (Å²) < 4.78 is 45.8. The second-order valence-electron chi connectivity index (χ2n) is 5.59. The number of hydrogen-bond donors (Lipinski definition) is 1. The Labute approximate surface area is 143 Å². The number of amides is 1. The van der Waals surface area contributed by atoms with E-state index in [2.05, 4.69) is 10.1 Å². The fourth-order valence-electron chi connectivity index (χ4n) is 2.16. The van der Waals surface area contributed by atoms with E-state index in [0.29, 0.717) is 11.4 Å². The molecule has 0 heterocycles. The van der Waals surface area contributed by atoms with Gasteiger partial charge in [-0.1, -0.05) is 17.7 Å². The molecule has 1 N–H and O–H groups in total. The van der Waals surface area contributed by atoms with Crippen molar-refractivity contribution < 1.29 is 27.4 Å². The van der Waals surface area contributed by atoms with Crippen LogP contribution < -0.4 is 14.8 Å². The van der Waals surface area contributed by atoms with Gasteiger partial charge in [0, 0.05) is 5.69 Å². The molecule has 2 aromatic rings. The number of alkyl halides is 3. The van der Waals surface area contributed by atoms with Crippen molar-refractivity contribution in [1.82, 2.24) is 0 Å². The van der Waals surface area contributed by atoms with Crippen molar-refractivity contribution in [2.24, 2.45) is 0 Å². The molecule has 0 aliphatic heterocycles. The van der Waals surface area contributed by atoms with Crippen molar-refractivity contribution >= 4 is 11.6 Å². The molecule has 2 rings (SSSR count). The van der Waals surface area contributed by atoms with Gasteiger partial charge in [0.15, 0.2) is 6.10 Å². The van der Waals surface area contributed by atoms with E-state index in [0.717, 1.165) is 23.3 Å². The number of halogens is 3. The van der Waals surface area contributed by atoms with Crippen LogP contribution in [0.25, 0.3) is 0 Å². The quantitative estimate of drug-likeness (QED) is 0.854. The molecule has 0 aromatic heterocycles. The van der Waals surface area contributed by atoms with Crippen LogP contribution in [-0.4, -0.2) is 18.4 Å².